The highest BCUT2D eigenvalue weighted by Gasteiger charge is 2.73. The van der Waals surface area contributed by atoms with Crippen LogP contribution in [0.4, 0.5) is 5.69 Å². The fourth-order valence-electron chi connectivity index (χ4n) is 4.11. The molecule has 0 saturated carbocycles. The number of carbonyl (C=O) groups excluding carboxylic acids is 3. The number of nitrogens with one attached hydrogen (secondary N) is 1. The van der Waals surface area contributed by atoms with E-state index in [9.17, 15) is 29.6 Å². The number of ether oxygens (including phenoxy) is 1. The third-order valence-electron chi connectivity index (χ3n) is 5.53. The fourth-order valence-corrected chi connectivity index (χ4v) is 4.11. The molecule has 2 aliphatic rings. The van der Waals surface area contributed by atoms with E-state index < -0.39 is 45.1 Å². The van der Waals surface area contributed by atoms with Gasteiger partial charge >= 0.3 is 11.8 Å². The maximum Gasteiger partial charge on any atom is 0.310 e. The van der Waals surface area contributed by atoms with Crippen LogP contribution in [0, 0.1) is 10.1 Å². The highest BCUT2D eigenvalue weighted by molar-refractivity contribution is 6.35. The standard InChI is InChI=1S/C20H17N3O7/c1-9(2)10-6-7-12-14(8-10)30-20(27)15-11(4-3-5-13(15)23(28)29)16(24)19(12,20)22-18(26)17(21)25/h3-9,27H,1-2H3,(H2,21,25)(H,22,26). The van der Waals surface area contributed by atoms with Gasteiger partial charge in [0.15, 0.2) is 0 Å². The average molecular weight is 411 g/mol. The van der Waals surface area contributed by atoms with Crippen molar-refractivity contribution in [3.8, 4) is 5.75 Å². The van der Waals surface area contributed by atoms with Gasteiger partial charge in [-0.25, -0.2) is 0 Å². The summed E-state index contributed by atoms with van der Waals surface area (Å²) < 4.78 is 5.74. The van der Waals surface area contributed by atoms with Gasteiger partial charge in [-0.1, -0.05) is 38.1 Å². The number of hydrogen-bond donors (Lipinski definition) is 3. The Morgan fingerprint density at radius 3 is 2.57 bits per heavy atom. The number of hydrogen-bond acceptors (Lipinski definition) is 7. The molecule has 0 saturated heterocycles. The third-order valence-corrected chi connectivity index (χ3v) is 5.53. The zero-order valence-electron chi connectivity index (χ0n) is 16.0. The summed E-state index contributed by atoms with van der Waals surface area (Å²) in [5.41, 5.74) is 2.47. The molecule has 2 aromatic rings. The van der Waals surface area contributed by atoms with Crippen molar-refractivity contribution >= 4 is 23.3 Å². The summed E-state index contributed by atoms with van der Waals surface area (Å²) in [5.74, 6) is -6.10. The number of nitro groups is 1. The molecule has 30 heavy (non-hydrogen) atoms. The predicted octanol–water partition coefficient (Wildman–Crippen LogP) is 0.949. The van der Waals surface area contributed by atoms with Crippen molar-refractivity contribution < 1.29 is 29.2 Å². The van der Waals surface area contributed by atoms with Gasteiger partial charge < -0.3 is 20.9 Å². The number of nitrogens with zero attached hydrogens (tertiary/aromatic N) is 1. The van der Waals surface area contributed by atoms with E-state index >= 15 is 0 Å². The van der Waals surface area contributed by atoms with E-state index in [4.69, 9.17) is 10.5 Å². The molecule has 2 aromatic carbocycles. The Hall–Kier alpha value is -3.79. The zero-order valence-corrected chi connectivity index (χ0v) is 16.0. The summed E-state index contributed by atoms with van der Waals surface area (Å²) in [6.45, 7) is 3.84. The third kappa shape index (κ3) is 2.25. The van der Waals surface area contributed by atoms with E-state index in [2.05, 4.69) is 5.32 Å². The van der Waals surface area contributed by atoms with Crippen LogP contribution in [-0.2, 0) is 20.9 Å². The summed E-state index contributed by atoms with van der Waals surface area (Å²) in [5, 5.41) is 25.4. The van der Waals surface area contributed by atoms with E-state index in [0.29, 0.717) is 0 Å². The zero-order chi connectivity index (χ0) is 22.0. The smallest absolute Gasteiger partial charge is 0.310 e. The molecule has 154 valence electrons. The number of primary amides is 1. The van der Waals surface area contributed by atoms with Gasteiger partial charge in [0.2, 0.25) is 11.3 Å². The average Bonchev–Trinajstić information content (AvgIpc) is 3.04. The molecule has 0 spiro atoms. The highest BCUT2D eigenvalue weighted by atomic mass is 16.6. The number of nitro benzene ring substituents is 1. The Labute approximate surface area is 169 Å². The van der Waals surface area contributed by atoms with Gasteiger partial charge in [-0.05, 0) is 17.5 Å². The van der Waals surface area contributed by atoms with E-state index in [-0.39, 0.29) is 22.8 Å². The molecule has 1 heterocycles. The van der Waals surface area contributed by atoms with Crippen LogP contribution in [0.1, 0.15) is 46.8 Å². The lowest BCUT2D eigenvalue weighted by Crippen LogP contribution is -2.61. The van der Waals surface area contributed by atoms with Gasteiger partial charge in [-0.3, -0.25) is 24.5 Å². The molecule has 0 bridgehead atoms. The summed E-state index contributed by atoms with van der Waals surface area (Å²) in [6.07, 6.45) is 0. The fraction of sp³-hybridized carbons (Fsp3) is 0.250. The first-order chi connectivity index (χ1) is 14.0. The summed E-state index contributed by atoms with van der Waals surface area (Å²) in [7, 11) is 0. The topological polar surface area (TPSA) is 162 Å². The van der Waals surface area contributed by atoms with Crippen molar-refractivity contribution in [1.82, 2.24) is 5.32 Å². The van der Waals surface area contributed by atoms with Crippen molar-refractivity contribution in [2.24, 2.45) is 5.73 Å². The predicted molar refractivity (Wildman–Crippen MR) is 101 cm³/mol. The lowest BCUT2D eigenvalue weighted by Gasteiger charge is -2.33. The van der Waals surface area contributed by atoms with Crippen LogP contribution in [0.15, 0.2) is 36.4 Å². The normalized spacial score (nSPS) is 23.4. The molecule has 2 unspecified atom stereocenters. The molecule has 0 fully saturated rings. The van der Waals surface area contributed by atoms with Crippen LogP contribution in [-0.4, -0.2) is 27.6 Å². The Kier molecular flexibility index (Phi) is 3.97. The lowest BCUT2D eigenvalue weighted by molar-refractivity contribution is -0.388. The minimum Gasteiger partial charge on any atom is -0.454 e. The quantitative estimate of drug-likeness (QED) is 0.385. The Bertz CT molecular complexity index is 1160. The highest BCUT2D eigenvalue weighted by Crippen LogP contribution is 2.60. The van der Waals surface area contributed by atoms with Crippen LogP contribution in [0.5, 0.6) is 5.75 Å². The maximum atomic E-state index is 13.5. The lowest BCUT2D eigenvalue weighted by atomic mass is 9.82. The molecule has 0 aromatic heterocycles. The SMILES string of the molecule is CC(C)c1ccc2c(c1)OC1(O)c3c(cccc3[N+](=O)[O-])C(=O)C21NC(=O)C(N)=O. The van der Waals surface area contributed by atoms with Gasteiger partial charge in [0.05, 0.1) is 4.92 Å². The number of rotatable bonds is 3. The van der Waals surface area contributed by atoms with Gasteiger partial charge in [-0.2, -0.15) is 0 Å². The van der Waals surface area contributed by atoms with Crippen LogP contribution in [0.2, 0.25) is 0 Å². The van der Waals surface area contributed by atoms with Gasteiger partial charge in [0.1, 0.15) is 11.3 Å². The largest absolute Gasteiger partial charge is 0.454 e. The van der Waals surface area contributed by atoms with E-state index in [0.717, 1.165) is 11.6 Å². The van der Waals surface area contributed by atoms with Gasteiger partial charge in [0.25, 0.3) is 11.5 Å². The van der Waals surface area contributed by atoms with Crippen molar-refractivity contribution in [1.29, 1.82) is 0 Å². The van der Waals surface area contributed by atoms with Crippen LogP contribution in [0.3, 0.4) is 0 Å². The van der Waals surface area contributed by atoms with E-state index in [1.165, 1.54) is 18.2 Å². The van der Waals surface area contributed by atoms with Crippen molar-refractivity contribution in [3.63, 3.8) is 0 Å². The summed E-state index contributed by atoms with van der Waals surface area (Å²) >= 11 is 0. The molecule has 4 N–H and O–H groups in total. The number of Topliss-reactive ketones (excluding diaryl/α,β-unsaturated/α-hetero) is 1. The second kappa shape index (κ2) is 6.10. The molecule has 2 amide bonds. The van der Waals surface area contributed by atoms with Crippen molar-refractivity contribution in [2.45, 2.75) is 31.1 Å². The number of fused-ring (bicyclic) bond motifs is 5. The van der Waals surface area contributed by atoms with Crippen LogP contribution < -0.4 is 15.8 Å². The molecule has 10 heteroatoms. The Morgan fingerprint density at radius 2 is 1.97 bits per heavy atom. The van der Waals surface area contributed by atoms with Crippen molar-refractivity contribution in [2.75, 3.05) is 0 Å². The Balaban J connectivity index is 2.05. The number of benzene rings is 2. The molecule has 2 atom stereocenters. The van der Waals surface area contributed by atoms with E-state index in [1.54, 1.807) is 12.1 Å². The molecular formula is C20H17N3O7. The van der Waals surface area contributed by atoms with Gasteiger partial charge in [-0.15, -0.1) is 0 Å². The number of carbonyl (C=O) groups is 3. The first kappa shape index (κ1) is 19.5. The van der Waals surface area contributed by atoms with E-state index in [1.807, 2.05) is 13.8 Å². The second-order valence-corrected chi connectivity index (χ2v) is 7.51. The molecule has 4 rings (SSSR count). The molecular weight excluding hydrogens is 394 g/mol. The molecule has 0 radical (unpaired) electrons. The molecule has 1 aliphatic heterocycles. The van der Waals surface area contributed by atoms with Crippen LogP contribution in [0.25, 0.3) is 0 Å². The molecule has 1 aliphatic carbocycles. The second-order valence-electron chi connectivity index (χ2n) is 7.51. The molecule has 10 nitrogen and oxygen atoms in total. The number of amides is 2. The maximum absolute atomic E-state index is 13.5. The van der Waals surface area contributed by atoms with Crippen LogP contribution >= 0.6 is 0 Å². The summed E-state index contributed by atoms with van der Waals surface area (Å²) in [4.78, 5) is 48.0. The number of ketones is 1. The minimum atomic E-state index is -2.65. The first-order valence-corrected chi connectivity index (χ1v) is 9.05. The monoisotopic (exact) mass is 411 g/mol. The van der Waals surface area contributed by atoms with Gasteiger partial charge in [0, 0.05) is 17.2 Å². The van der Waals surface area contributed by atoms with Crippen molar-refractivity contribution in [3.05, 3.63) is 68.8 Å². The number of aliphatic hydroxyl groups is 1. The first-order valence-electron chi connectivity index (χ1n) is 9.05. The number of nitrogens with two attached hydrogens (primary N) is 1. The summed E-state index contributed by atoms with van der Waals surface area (Å²) in [6, 6.07) is 8.43. The Morgan fingerprint density at radius 1 is 1.27 bits per heavy atom. The minimum absolute atomic E-state index is 0.0608.